The number of rotatable bonds is 1. The van der Waals surface area contributed by atoms with Crippen molar-refractivity contribution in [1.82, 2.24) is 5.32 Å². The molecule has 0 saturated heterocycles. The molecule has 0 aromatic heterocycles. The molecule has 0 aromatic carbocycles. The molecular formula is C13H19F4N. The Hall–Kier alpha value is -0.740. The van der Waals surface area contributed by atoms with Crippen molar-refractivity contribution < 1.29 is 17.6 Å². The van der Waals surface area contributed by atoms with Crippen LogP contribution in [0, 0.1) is 5.92 Å². The van der Waals surface area contributed by atoms with Gasteiger partial charge in [-0.1, -0.05) is 19.3 Å². The van der Waals surface area contributed by atoms with Crippen molar-refractivity contribution in [3.8, 4) is 0 Å². The van der Waals surface area contributed by atoms with Crippen LogP contribution >= 0.6 is 0 Å². The number of allylic oxidation sites excluding steroid dienone is 1. The molecule has 1 aliphatic heterocycles. The molecule has 5 heteroatoms. The fraction of sp³-hybridized carbons (Fsp3) is 0.846. The summed E-state index contributed by atoms with van der Waals surface area (Å²) in [6.45, 7) is 1.72. The Bertz CT molecular complexity index is 330. The molecule has 1 saturated carbocycles. The Morgan fingerprint density at radius 1 is 1.22 bits per heavy atom. The van der Waals surface area contributed by atoms with Crippen molar-refractivity contribution in [2.45, 2.75) is 63.3 Å². The Kier molecular flexibility index (Phi) is 3.60. The Morgan fingerprint density at radius 2 is 1.83 bits per heavy atom. The zero-order valence-corrected chi connectivity index (χ0v) is 10.5. The summed E-state index contributed by atoms with van der Waals surface area (Å²) in [4.78, 5) is 0. The minimum Gasteiger partial charge on any atom is -0.382 e. The van der Waals surface area contributed by atoms with Gasteiger partial charge in [0.1, 0.15) is 6.17 Å². The summed E-state index contributed by atoms with van der Waals surface area (Å²) in [6, 6.07) is 0. The van der Waals surface area contributed by atoms with Crippen LogP contribution in [0.2, 0.25) is 0 Å². The molecule has 1 nitrogen and oxygen atoms in total. The maximum absolute atomic E-state index is 14.2. The first-order valence-electron chi connectivity index (χ1n) is 6.52. The van der Waals surface area contributed by atoms with Gasteiger partial charge in [0.15, 0.2) is 0 Å². The average molecular weight is 265 g/mol. The third-order valence-corrected chi connectivity index (χ3v) is 4.42. The van der Waals surface area contributed by atoms with Crippen molar-refractivity contribution in [3.05, 3.63) is 11.8 Å². The molecule has 1 fully saturated rings. The number of halogens is 4. The summed E-state index contributed by atoms with van der Waals surface area (Å²) >= 11 is 0. The van der Waals surface area contributed by atoms with Crippen molar-refractivity contribution in [2.75, 3.05) is 0 Å². The summed E-state index contributed by atoms with van der Waals surface area (Å²) in [7, 11) is 0. The van der Waals surface area contributed by atoms with Crippen LogP contribution in [0.1, 0.15) is 45.4 Å². The predicted octanol–water partition coefficient (Wildman–Crippen LogP) is 4.10. The first-order valence-corrected chi connectivity index (χ1v) is 6.52. The molecule has 0 aromatic rings. The van der Waals surface area contributed by atoms with Gasteiger partial charge in [-0.25, -0.2) is 4.39 Å². The van der Waals surface area contributed by atoms with Crippen LogP contribution in [0.3, 0.4) is 0 Å². The zero-order chi connectivity index (χ0) is 13.4. The van der Waals surface area contributed by atoms with Gasteiger partial charge in [0.25, 0.3) is 0 Å². The molecule has 1 N–H and O–H groups in total. The van der Waals surface area contributed by atoms with Gasteiger partial charge in [-0.3, -0.25) is 0 Å². The molecule has 2 atom stereocenters. The second kappa shape index (κ2) is 4.74. The van der Waals surface area contributed by atoms with E-state index < -0.39 is 29.9 Å². The summed E-state index contributed by atoms with van der Waals surface area (Å²) in [6.07, 6.45) is -0.401. The van der Waals surface area contributed by atoms with E-state index in [2.05, 4.69) is 5.32 Å². The SMILES string of the molecule is CC1(C2CCCCC2)NC=C(C(F)(F)F)CC1F. The summed E-state index contributed by atoms with van der Waals surface area (Å²) in [5.74, 6) is 0.132. The highest BCUT2D eigenvalue weighted by atomic mass is 19.4. The molecule has 0 spiro atoms. The van der Waals surface area contributed by atoms with Crippen LogP contribution in [0.15, 0.2) is 11.8 Å². The molecule has 2 aliphatic rings. The summed E-state index contributed by atoms with van der Waals surface area (Å²) < 4.78 is 51.8. The summed E-state index contributed by atoms with van der Waals surface area (Å²) in [5, 5.41) is 2.71. The quantitative estimate of drug-likeness (QED) is 0.704. The lowest BCUT2D eigenvalue weighted by atomic mass is 9.71. The van der Waals surface area contributed by atoms with E-state index in [1.165, 1.54) is 0 Å². The highest BCUT2D eigenvalue weighted by Gasteiger charge is 2.48. The molecule has 2 rings (SSSR count). The highest BCUT2D eigenvalue weighted by Crippen LogP contribution is 2.42. The van der Waals surface area contributed by atoms with Crippen molar-refractivity contribution >= 4 is 0 Å². The van der Waals surface area contributed by atoms with Gasteiger partial charge in [0.2, 0.25) is 0 Å². The van der Waals surface area contributed by atoms with E-state index in [4.69, 9.17) is 0 Å². The highest BCUT2D eigenvalue weighted by molar-refractivity contribution is 5.19. The maximum Gasteiger partial charge on any atom is 0.414 e. The van der Waals surface area contributed by atoms with E-state index in [0.717, 1.165) is 38.3 Å². The average Bonchev–Trinajstić information content (AvgIpc) is 2.32. The minimum atomic E-state index is -4.43. The first-order chi connectivity index (χ1) is 8.34. The molecule has 2 unspecified atom stereocenters. The fourth-order valence-electron chi connectivity index (χ4n) is 3.07. The van der Waals surface area contributed by atoms with Crippen molar-refractivity contribution in [2.24, 2.45) is 5.92 Å². The van der Waals surface area contributed by atoms with Crippen LogP contribution in [-0.2, 0) is 0 Å². The third kappa shape index (κ3) is 2.50. The van der Waals surface area contributed by atoms with Crippen LogP contribution in [0.5, 0.6) is 0 Å². The second-order valence-electron chi connectivity index (χ2n) is 5.60. The van der Waals surface area contributed by atoms with Gasteiger partial charge in [0, 0.05) is 12.6 Å². The van der Waals surface area contributed by atoms with Crippen molar-refractivity contribution in [3.63, 3.8) is 0 Å². The Labute approximate surface area is 105 Å². The van der Waals surface area contributed by atoms with Crippen LogP contribution in [0.4, 0.5) is 17.6 Å². The fourth-order valence-corrected chi connectivity index (χ4v) is 3.07. The molecule has 104 valence electrons. The second-order valence-corrected chi connectivity index (χ2v) is 5.60. The van der Waals surface area contributed by atoms with Gasteiger partial charge in [0.05, 0.1) is 11.1 Å². The standard InChI is InChI=1S/C13H19F4N/c1-12(9-5-3-2-4-6-9)11(14)7-10(8-18-12)13(15,16)17/h8-9,11,18H,2-7H2,1H3. The zero-order valence-electron chi connectivity index (χ0n) is 10.5. The molecule has 0 radical (unpaired) electrons. The molecule has 1 heterocycles. The van der Waals surface area contributed by atoms with Crippen LogP contribution < -0.4 is 5.32 Å². The molecular weight excluding hydrogens is 246 g/mol. The van der Waals surface area contributed by atoms with E-state index in [1.54, 1.807) is 6.92 Å². The molecule has 18 heavy (non-hydrogen) atoms. The molecule has 0 amide bonds. The Morgan fingerprint density at radius 3 is 2.33 bits per heavy atom. The predicted molar refractivity (Wildman–Crippen MR) is 61.8 cm³/mol. The Balaban J connectivity index is 2.13. The largest absolute Gasteiger partial charge is 0.414 e. The molecule has 0 bridgehead atoms. The van der Waals surface area contributed by atoms with Gasteiger partial charge < -0.3 is 5.32 Å². The lowest BCUT2D eigenvalue weighted by Crippen LogP contribution is -2.57. The van der Waals surface area contributed by atoms with E-state index in [0.29, 0.717) is 0 Å². The number of hydrogen-bond donors (Lipinski definition) is 1. The first kappa shape index (κ1) is 13.7. The van der Waals surface area contributed by atoms with E-state index >= 15 is 0 Å². The summed E-state index contributed by atoms with van der Waals surface area (Å²) in [5.41, 5.74) is -1.63. The van der Waals surface area contributed by atoms with E-state index in [9.17, 15) is 17.6 Å². The third-order valence-electron chi connectivity index (χ3n) is 4.42. The number of hydrogen-bond acceptors (Lipinski definition) is 1. The molecule has 1 aliphatic carbocycles. The smallest absolute Gasteiger partial charge is 0.382 e. The lowest BCUT2D eigenvalue weighted by molar-refractivity contribution is -0.101. The maximum atomic E-state index is 14.2. The van der Waals surface area contributed by atoms with E-state index in [-0.39, 0.29) is 5.92 Å². The lowest BCUT2D eigenvalue weighted by Gasteiger charge is -2.45. The van der Waals surface area contributed by atoms with Gasteiger partial charge in [-0.05, 0) is 25.7 Å². The topological polar surface area (TPSA) is 12.0 Å². The minimum absolute atomic E-state index is 0.132. The number of nitrogens with one attached hydrogen (secondary N) is 1. The van der Waals surface area contributed by atoms with Gasteiger partial charge in [-0.15, -0.1) is 0 Å². The van der Waals surface area contributed by atoms with E-state index in [1.807, 2.05) is 0 Å². The van der Waals surface area contributed by atoms with Crippen LogP contribution in [0.25, 0.3) is 0 Å². The van der Waals surface area contributed by atoms with Crippen molar-refractivity contribution in [1.29, 1.82) is 0 Å². The van der Waals surface area contributed by atoms with Crippen LogP contribution in [-0.4, -0.2) is 17.9 Å². The normalized spacial score (nSPS) is 34.9. The monoisotopic (exact) mass is 265 g/mol. The number of alkyl halides is 4. The van der Waals surface area contributed by atoms with Gasteiger partial charge in [-0.2, -0.15) is 13.2 Å². The van der Waals surface area contributed by atoms with Gasteiger partial charge >= 0.3 is 6.18 Å².